The van der Waals surface area contributed by atoms with Crippen LogP contribution in [0.3, 0.4) is 0 Å². The van der Waals surface area contributed by atoms with E-state index in [4.69, 9.17) is 4.74 Å². The minimum atomic E-state index is -0.603. The van der Waals surface area contributed by atoms with E-state index in [0.717, 1.165) is 5.56 Å². The fourth-order valence-corrected chi connectivity index (χ4v) is 4.10. The number of nitro groups is 1. The number of nitrogens with one attached hydrogen (secondary N) is 1. The Kier molecular flexibility index (Phi) is 6.74. The first-order chi connectivity index (χ1) is 15.1. The van der Waals surface area contributed by atoms with Crippen molar-refractivity contribution in [2.24, 2.45) is 0 Å². The minimum Gasteiger partial charge on any atom is -0.462 e. The fraction of sp³-hybridized carbons (Fsp3) is 0.250. The molecule has 0 spiro atoms. The number of hydrogen-bond acceptors (Lipinski definition) is 6. The smallest absolute Gasteiger partial charge is 0.341 e. The average molecular weight is 453 g/mol. The first-order valence-electron chi connectivity index (χ1n) is 10.1. The van der Waals surface area contributed by atoms with Crippen LogP contribution in [-0.4, -0.2) is 23.4 Å². The van der Waals surface area contributed by atoms with Crippen molar-refractivity contribution in [2.45, 2.75) is 33.1 Å². The molecule has 0 fully saturated rings. The molecule has 3 rings (SSSR count). The van der Waals surface area contributed by atoms with E-state index in [-0.39, 0.29) is 29.2 Å². The number of nitrogens with zero attached hydrogens (tertiary/aromatic N) is 1. The number of non-ortho nitro benzene ring substituents is 1. The molecule has 1 amide bonds. The zero-order chi connectivity index (χ0) is 23.5. The van der Waals surface area contributed by atoms with Crippen LogP contribution in [0.1, 0.15) is 54.0 Å². The highest BCUT2D eigenvalue weighted by atomic mass is 32.1. The van der Waals surface area contributed by atoms with Crippen molar-refractivity contribution in [3.05, 3.63) is 80.7 Å². The Balaban J connectivity index is 1.96. The van der Waals surface area contributed by atoms with Gasteiger partial charge in [0.05, 0.1) is 11.5 Å². The number of benzene rings is 2. The van der Waals surface area contributed by atoms with Gasteiger partial charge in [0, 0.05) is 28.6 Å². The van der Waals surface area contributed by atoms with Crippen molar-refractivity contribution in [1.29, 1.82) is 0 Å². The predicted molar refractivity (Wildman–Crippen MR) is 125 cm³/mol. The lowest BCUT2D eigenvalue weighted by molar-refractivity contribution is -0.384. The zero-order valence-corrected chi connectivity index (χ0v) is 19.1. The van der Waals surface area contributed by atoms with E-state index in [1.165, 1.54) is 23.5 Å². The third-order valence-electron chi connectivity index (χ3n) is 4.88. The standard InChI is InChI=1S/C24H24N2O5S/c1-5-31-23(28)20-19(16-7-6-8-18(13-16)26(29)30)14-32-22(20)25-21(27)15-9-11-17(12-10-15)24(2,3)4/h6-14H,5H2,1-4H3,(H,25,27). The highest BCUT2D eigenvalue weighted by Crippen LogP contribution is 2.37. The molecule has 0 bridgehead atoms. The van der Waals surface area contributed by atoms with Gasteiger partial charge in [0.2, 0.25) is 0 Å². The number of thiophene rings is 1. The van der Waals surface area contributed by atoms with Gasteiger partial charge in [-0.15, -0.1) is 11.3 Å². The van der Waals surface area contributed by atoms with Gasteiger partial charge in [-0.05, 0) is 35.6 Å². The molecule has 1 heterocycles. The summed E-state index contributed by atoms with van der Waals surface area (Å²) in [5.74, 6) is -0.961. The first-order valence-corrected chi connectivity index (χ1v) is 10.9. The second kappa shape index (κ2) is 9.32. The van der Waals surface area contributed by atoms with Gasteiger partial charge in [-0.2, -0.15) is 0 Å². The number of ether oxygens (including phenoxy) is 1. The quantitative estimate of drug-likeness (QED) is 0.279. The van der Waals surface area contributed by atoms with Crippen LogP contribution >= 0.6 is 11.3 Å². The van der Waals surface area contributed by atoms with Gasteiger partial charge < -0.3 is 10.1 Å². The summed E-state index contributed by atoms with van der Waals surface area (Å²) >= 11 is 1.17. The van der Waals surface area contributed by atoms with Crippen LogP contribution in [0.5, 0.6) is 0 Å². The number of rotatable bonds is 6. The van der Waals surface area contributed by atoms with Gasteiger partial charge in [-0.1, -0.05) is 45.0 Å². The summed E-state index contributed by atoms with van der Waals surface area (Å²) in [6, 6.07) is 13.3. The zero-order valence-electron chi connectivity index (χ0n) is 18.3. The summed E-state index contributed by atoms with van der Waals surface area (Å²) < 4.78 is 5.19. The fourth-order valence-electron chi connectivity index (χ4n) is 3.15. The number of nitro benzene ring substituents is 1. The molecule has 0 aliphatic carbocycles. The van der Waals surface area contributed by atoms with E-state index < -0.39 is 10.9 Å². The van der Waals surface area contributed by atoms with Crippen LogP contribution in [0.15, 0.2) is 53.9 Å². The molecule has 0 atom stereocenters. The highest BCUT2D eigenvalue weighted by Gasteiger charge is 2.24. The lowest BCUT2D eigenvalue weighted by Crippen LogP contribution is -2.16. The molecule has 1 aromatic heterocycles. The van der Waals surface area contributed by atoms with E-state index in [1.807, 2.05) is 12.1 Å². The Hall–Kier alpha value is -3.52. The first kappa shape index (κ1) is 23.1. The summed E-state index contributed by atoms with van der Waals surface area (Å²) in [5, 5.41) is 16.0. The van der Waals surface area contributed by atoms with Gasteiger partial charge >= 0.3 is 5.97 Å². The molecule has 3 aromatic rings. The topological polar surface area (TPSA) is 98.5 Å². The summed E-state index contributed by atoms with van der Waals surface area (Å²) in [6.07, 6.45) is 0. The molecule has 0 aliphatic rings. The molecule has 0 aliphatic heterocycles. The van der Waals surface area contributed by atoms with E-state index in [2.05, 4.69) is 26.1 Å². The molecule has 166 valence electrons. The van der Waals surface area contributed by atoms with Crippen molar-refractivity contribution < 1.29 is 19.2 Å². The Morgan fingerprint density at radius 1 is 1.12 bits per heavy atom. The average Bonchev–Trinajstić information content (AvgIpc) is 3.17. The normalized spacial score (nSPS) is 11.1. The molecule has 32 heavy (non-hydrogen) atoms. The largest absolute Gasteiger partial charge is 0.462 e. The molecular formula is C24H24N2O5S. The maximum atomic E-state index is 12.9. The van der Waals surface area contributed by atoms with Gasteiger partial charge in [0.1, 0.15) is 10.6 Å². The number of esters is 1. The van der Waals surface area contributed by atoms with Crippen LogP contribution in [0, 0.1) is 10.1 Å². The Morgan fingerprint density at radius 3 is 2.41 bits per heavy atom. The molecule has 1 N–H and O–H groups in total. The van der Waals surface area contributed by atoms with Crippen LogP contribution in [0.25, 0.3) is 11.1 Å². The molecule has 8 heteroatoms. The van der Waals surface area contributed by atoms with Crippen molar-refractivity contribution in [1.82, 2.24) is 0 Å². The van der Waals surface area contributed by atoms with E-state index in [0.29, 0.717) is 21.7 Å². The van der Waals surface area contributed by atoms with E-state index in [9.17, 15) is 19.7 Å². The Morgan fingerprint density at radius 2 is 1.81 bits per heavy atom. The summed E-state index contributed by atoms with van der Waals surface area (Å²) in [4.78, 5) is 36.2. The van der Waals surface area contributed by atoms with Crippen molar-refractivity contribution in [3.63, 3.8) is 0 Å². The maximum Gasteiger partial charge on any atom is 0.341 e. The third-order valence-corrected chi connectivity index (χ3v) is 5.77. The molecule has 0 radical (unpaired) electrons. The second-order valence-corrected chi connectivity index (χ2v) is 9.04. The van der Waals surface area contributed by atoms with Crippen molar-refractivity contribution >= 4 is 33.9 Å². The van der Waals surface area contributed by atoms with Crippen LogP contribution in [0.4, 0.5) is 10.7 Å². The number of carbonyl (C=O) groups excluding carboxylic acids is 2. The van der Waals surface area contributed by atoms with Gasteiger partial charge in [-0.25, -0.2) is 4.79 Å². The predicted octanol–water partition coefficient (Wildman–Crippen LogP) is 6.05. The summed E-state index contributed by atoms with van der Waals surface area (Å²) in [5.41, 5.74) is 2.57. The van der Waals surface area contributed by atoms with Crippen molar-refractivity contribution in [3.8, 4) is 11.1 Å². The van der Waals surface area contributed by atoms with Gasteiger partial charge in [0.15, 0.2) is 0 Å². The van der Waals surface area contributed by atoms with Crippen LogP contribution < -0.4 is 5.32 Å². The number of carbonyl (C=O) groups is 2. The molecular weight excluding hydrogens is 428 g/mol. The van der Waals surface area contributed by atoms with Crippen molar-refractivity contribution in [2.75, 3.05) is 11.9 Å². The lowest BCUT2D eigenvalue weighted by Gasteiger charge is -2.19. The minimum absolute atomic E-state index is 0.0347. The number of amides is 1. The summed E-state index contributed by atoms with van der Waals surface area (Å²) in [6.45, 7) is 8.12. The SMILES string of the molecule is CCOC(=O)c1c(-c2cccc([N+](=O)[O-])c2)csc1NC(=O)c1ccc(C(C)(C)C)cc1. The monoisotopic (exact) mass is 452 g/mol. The second-order valence-electron chi connectivity index (χ2n) is 8.16. The Labute approximate surface area is 190 Å². The molecule has 0 unspecified atom stereocenters. The third kappa shape index (κ3) is 5.03. The van der Waals surface area contributed by atoms with Gasteiger partial charge in [-0.3, -0.25) is 14.9 Å². The number of anilines is 1. The summed E-state index contributed by atoms with van der Waals surface area (Å²) in [7, 11) is 0. The van der Waals surface area contributed by atoms with Gasteiger partial charge in [0.25, 0.3) is 11.6 Å². The highest BCUT2D eigenvalue weighted by molar-refractivity contribution is 7.15. The van der Waals surface area contributed by atoms with Crippen LogP contribution in [0.2, 0.25) is 0 Å². The van der Waals surface area contributed by atoms with E-state index >= 15 is 0 Å². The molecule has 2 aromatic carbocycles. The lowest BCUT2D eigenvalue weighted by atomic mass is 9.87. The molecule has 0 saturated heterocycles. The Bertz CT molecular complexity index is 1160. The van der Waals surface area contributed by atoms with Crippen LogP contribution in [-0.2, 0) is 10.2 Å². The maximum absolute atomic E-state index is 12.9. The number of hydrogen-bond donors (Lipinski definition) is 1. The molecule has 0 saturated carbocycles. The van der Waals surface area contributed by atoms with E-state index in [1.54, 1.807) is 36.6 Å². The molecule has 7 nitrogen and oxygen atoms in total.